The normalized spacial score (nSPS) is 12.7. The van der Waals surface area contributed by atoms with Gasteiger partial charge in [-0.25, -0.2) is 9.97 Å². The average Bonchev–Trinajstić information content (AvgIpc) is 3.93. The molecule has 0 unspecified atom stereocenters. The van der Waals surface area contributed by atoms with Crippen molar-refractivity contribution < 1.29 is 0 Å². The van der Waals surface area contributed by atoms with E-state index in [-0.39, 0.29) is 0 Å². The number of nitrogens with zero attached hydrogens (tertiary/aromatic N) is 2. The van der Waals surface area contributed by atoms with Crippen molar-refractivity contribution in [3.63, 3.8) is 0 Å². The van der Waals surface area contributed by atoms with Crippen molar-refractivity contribution in [3.8, 4) is 67.3 Å². The lowest BCUT2D eigenvalue weighted by molar-refractivity contribution is 0.769. The third-order valence-corrected chi connectivity index (χ3v) is 14.8. The van der Waals surface area contributed by atoms with Crippen molar-refractivity contribution in [2.24, 2.45) is 0 Å². The maximum absolute atomic E-state index is 5.32. The van der Waals surface area contributed by atoms with Crippen molar-refractivity contribution in [1.29, 1.82) is 0 Å². The van der Waals surface area contributed by atoms with Gasteiger partial charge < -0.3 is 0 Å². The molecule has 12 aromatic rings. The van der Waals surface area contributed by atoms with E-state index < -0.39 is 5.41 Å². The van der Waals surface area contributed by atoms with Gasteiger partial charge >= 0.3 is 0 Å². The summed E-state index contributed by atoms with van der Waals surface area (Å²) in [6, 6.07) is 88.3. The zero-order chi connectivity index (χ0) is 43.6. The largest absolute Gasteiger partial charge is 0.228 e. The van der Waals surface area contributed by atoms with E-state index in [9.17, 15) is 0 Å². The molecule has 13 rings (SSSR count). The van der Waals surface area contributed by atoms with Gasteiger partial charge in [-0.3, -0.25) is 0 Å². The Hall–Kier alpha value is -8.24. The Morgan fingerprint density at radius 3 is 1.59 bits per heavy atom. The van der Waals surface area contributed by atoms with Gasteiger partial charge in [0, 0.05) is 36.9 Å². The van der Waals surface area contributed by atoms with Crippen LogP contribution >= 0.6 is 11.3 Å². The molecule has 0 N–H and O–H groups in total. The second-order valence-electron chi connectivity index (χ2n) is 17.2. The Bertz CT molecular complexity index is 3780. The fraction of sp³-hybridized carbons (Fsp3) is 0.0159. The third kappa shape index (κ3) is 6.01. The number of rotatable bonds is 7. The quantitative estimate of drug-likeness (QED) is 0.160. The highest BCUT2D eigenvalue weighted by Gasteiger charge is 2.46. The molecule has 0 spiro atoms. The molecule has 2 aromatic heterocycles. The molecule has 0 amide bonds. The molecule has 2 nitrogen and oxygen atoms in total. The Morgan fingerprint density at radius 2 is 0.818 bits per heavy atom. The average molecular weight is 857 g/mol. The fourth-order valence-electron chi connectivity index (χ4n) is 10.7. The van der Waals surface area contributed by atoms with Gasteiger partial charge in [-0.15, -0.1) is 11.3 Å². The zero-order valence-electron chi connectivity index (χ0n) is 35.9. The first-order valence-corrected chi connectivity index (χ1v) is 23.4. The third-order valence-electron chi connectivity index (χ3n) is 13.6. The Balaban J connectivity index is 0.951. The predicted octanol–water partition coefficient (Wildman–Crippen LogP) is 16.7. The number of aromatic nitrogens is 2. The highest BCUT2D eigenvalue weighted by Crippen LogP contribution is 2.57. The minimum Gasteiger partial charge on any atom is -0.228 e. The molecule has 3 heteroatoms. The van der Waals surface area contributed by atoms with Gasteiger partial charge in [0.05, 0.1) is 16.8 Å². The van der Waals surface area contributed by atoms with E-state index in [1.165, 1.54) is 81.2 Å². The van der Waals surface area contributed by atoms with Crippen LogP contribution in [-0.4, -0.2) is 9.97 Å². The summed E-state index contributed by atoms with van der Waals surface area (Å²) in [5.41, 5.74) is 17.0. The van der Waals surface area contributed by atoms with Gasteiger partial charge in [0.15, 0.2) is 5.82 Å². The van der Waals surface area contributed by atoms with Crippen molar-refractivity contribution >= 4 is 42.3 Å². The minimum absolute atomic E-state index is 0.459. The lowest BCUT2D eigenvalue weighted by Gasteiger charge is -2.34. The van der Waals surface area contributed by atoms with Gasteiger partial charge in [-0.05, 0) is 90.7 Å². The zero-order valence-corrected chi connectivity index (χ0v) is 36.7. The summed E-state index contributed by atoms with van der Waals surface area (Å²) in [4.78, 5) is 10.6. The molecular weight excluding hydrogens is 817 g/mol. The second-order valence-corrected chi connectivity index (χ2v) is 18.2. The van der Waals surface area contributed by atoms with Gasteiger partial charge in [-0.1, -0.05) is 218 Å². The van der Waals surface area contributed by atoms with Crippen LogP contribution in [0.1, 0.15) is 22.3 Å². The molecule has 0 saturated heterocycles. The topological polar surface area (TPSA) is 25.8 Å². The highest BCUT2D eigenvalue weighted by atomic mass is 32.1. The van der Waals surface area contributed by atoms with Gasteiger partial charge in [0.25, 0.3) is 0 Å². The maximum Gasteiger partial charge on any atom is 0.160 e. The summed E-state index contributed by atoms with van der Waals surface area (Å²) in [7, 11) is 0. The molecule has 10 aromatic carbocycles. The van der Waals surface area contributed by atoms with E-state index in [0.717, 1.165) is 33.5 Å². The fourth-order valence-corrected chi connectivity index (χ4v) is 11.9. The first-order chi connectivity index (χ1) is 32.7. The Kier molecular flexibility index (Phi) is 8.97. The SMILES string of the molecule is c1ccc(-c2nc(-c3ccc(-c4cccc(-c5ccc6c(c5)C(c5ccccc5)(c5ccccc5)c5ccccc5-6)c4)c4ccccc34)cc(-c3cccc4c3sc3ccccc34)n2)cc1. The molecule has 66 heavy (non-hydrogen) atoms. The molecule has 0 radical (unpaired) electrons. The van der Waals surface area contributed by atoms with Crippen molar-refractivity contribution in [1.82, 2.24) is 9.97 Å². The van der Waals surface area contributed by atoms with Crippen LogP contribution in [0, 0.1) is 0 Å². The standard InChI is InChI=1S/C63H40N2S/c1-4-18-41(19-5-1)62-64-58(40-59(65-62)55-31-17-30-54-53-29-13-15-33-60(53)66-61(54)55)52-37-36-47(48-26-10-11-27-49(48)52)44-21-16-20-42(38-44)43-34-35-51-50-28-12-14-32-56(50)63(57(51)39-43,45-22-6-2-7-23-45)46-24-8-3-9-25-46/h1-40H. The van der Waals surface area contributed by atoms with Crippen LogP contribution in [0.4, 0.5) is 0 Å². The maximum atomic E-state index is 5.32. The van der Waals surface area contributed by atoms with Gasteiger partial charge in [0.2, 0.25) is 0 Å². The summed E-state index contributed by atoms with van der Waals surface area (Å²) in [6.07, 6.45) is 0. The number of thiophene rings is 1. The number of hydrogen-bond donors (Lipinski definition) is 0. The molecule has 0 saturated carbocycles. The molecule has 0 bridgehead atoms. The molecule has 2 heterocycles. The summed E-state index contributed by atoms with van der Waals surface area (Å²) in [6.45, 7) is 0. The molecule has 1 aliphatic rings. The molecule has 0 atom stereocenters. The van der Waals surface area contributed by atoms with Gasteiger partial charge in [-0.2, -0.15) is 0 Å². The van der Waals surface area contributed by atoms with Crippen LogP contribution in [0.25, 0.3) is 98.2 Å². The lowest BCUT2D eigenvalue weighted by Crippen LogP contribution is -2.28. The van der Waals surface area contributed by atoms with Crippen molar-refractivity contribution in [3.05, 3.63) is 265 Å². The highest BCUT2D eigenvalue weighted by molar-refractivity contribution is 7.26. The van der Waals surface area contributed by atoms with Crippen LogP contribution < -0.4 is 0 Å². The van der Waals surface area contributed by atoms with Crippen LogP contribution in [-0.2, 0) is 5.41 Å². The first-order valence-electron chi connectivity index (χ1n) is 22.6. The van der Waals surface area contributed by atoms with Crippen LogP contribution in [0.5, 0.6) is 0 Å². The Labute approximate surface area is 387 Å². The van der Waals surface area contributed by atoms with E-state index in [4.69, 9.17) is 9.97 Å². The molecular formula is C63H40N2S. The number of hydrogen-bond acceptors (Lipinski definition) is 3. The summed E-state index contributed by atoms with van der Waals surface area (Å²) in [5.74, 6) is 0.711. The van der Waals surface area contributed by atoms with Crippen LogP contribution in [0.3, 0.4) is 0 Å². The lowest BCUT2D eigenvalue weighted by atomic mass is 9.67. The van der Waals surface area contributed by atoms with E-state index >= 15 is 0 Å². The van der Waals surface area contributed by atoms with E-state index in [1.807, 2.05) is 17.4 Å². The van der Waals surface area contributed by atoms with E-state index in [2.05, 4.69) is 237 Å². The molecule has 0 aliphatic heterocycles. The summed E-state index contributed by atoms with van der Waals surface area (Å²) >= 11 is 1.83. The van der Waals surface area contributed by atoms with Crippen LogP contribution in [0.2, 0.25) is 0 Å². The summed E-state index contributed by atoms with van der Waals surface area (Å²) < 4.78 is 2.51. The van der Waals surface area contributed by atoms with Crippen molar-refractivity contribution in [2.75, 3.05) is 0 Å². The number of fused-ring (bicyclic) bond motifs is 7. The summed E-state index contributed by atoms with van der Waals surface area (Å²) in [5, 5.41) is 4.85. The minimum atomic E-state index is -0.459. The molecule has 0 fully saturated rings. The second kappa shape index (κ2) is 15.5. The van der Waals surface area contributed by atoms with E-state index in [0.29, 0.717) is 5.82 Å². The van der Waals surface area contributed by atoms with Gasteiger partial charge in [0.1, 0.15) is 0 Å². The Morgan fingerprint density at radius 1 is 0.303 bits per heavy atom. The van der Waals surface area contributed by atoms with Crippen molar-refractivity contribution in [2.45, 2.75) is 5.41 Å². The van der Waals surface area contributed by atoms with E-state index in [1.54, 1.807) is 0 Å². The number of benzene rings is 10. The predicted molar refractivity (Wildman–Crippen MR) is 277 cm³/mol. The molecule has 308 valence electrons. The monoisotopic (exact) mass is 856 g/mol. The smallest absolute Gasteiger partial charge is 0.160 e. The molecule has 1 aliphatic carbocycles. The van der Waals surface area contributed by atoms with Crippen LogP contribution in [0.15, 0.2) is 243 Å². The first kappa shape index (κ1) is 38.2.